The zero-order valence-electron chi connectivity index (χ0n) is 15.3. The summed E-state index contributed by atoms with van der Waals surface area (Å²) in [6.45, 7) is 8.50. The topological polar surface area (TPSA) is 74.8 Å². The first kappa shape index (κ1) is 20.4. The molecule has 0 aliphatic carbocycles. The Labute approximate surface area is 149 Å². The van der Waals surface area contributed by atoms with E-state index in [0.717, 1.165) is 23.8 Å². The molecule has 3 N–H and O–H groups in total. The van der Waals surface area contributed by atoms with E-state index in [9.17, 15) is 4.79 Å². The average molecular weight is 355 g/mol. The lowest BCUT2D eigenvalue weighted by atomic mass is 9.89. The number of thiophene rings is 1. The summed E-state index contributed by atoms with van der Waals surface area (Å²) in [7, 11) is 3.47. The van der Waals surface area contributed by atoms with Gasteiger partial charge in [-0.3, -0.25) is 9.79 Å². The van der Waals surface area contributed by atoms with Crippen LogP contribution in [-0.4, -0.2) is 51.8 Å². The van der Waals surface area contributed by atoms with Gasteiger partial charge in [0.1, 0.15) is 0 Å². The Morgan fingerprint density at radius 1 is 1.29 bits per heavy atom. The average Bonchev–Trinajstić information content (AvgIpc) is 3.06. The molecule has 136 valence electrons. The first-order chi connectivity index (χ1) is 11.4. The summed E-state index contributed by atoms with van der Waals surface area (Å²) in [6, 6.07) is 3.70. The molecule has 1 rings (SSSR count). The van der Waals surface area contributed by atoms with E-state index in [1.165, 1.54) is 11.3 Å². The van der Waals surface area contributed by atoms with Crippen LogP contribution in [0.2, 0.25) is 0 Å². The van der Waals surface area contributed by atoms with E-state index < -0.39 is 0 Å². The number of nitrogens with one attached hydrogen (secondary N) is 3. The van der Waals surface area contributed by atoms with Crippen molar-refractivity contribution in [2.45, 2.75) is 33.3 Å². The second-order valence-corrected chi connectivity index (χ2v) is 7.50. The summed E-state index contributed by atoms with van der Waals surface area (Å²) < 4.78 is 5.52. The molecule has 0 saturated heterocycles. The van der Waals surface area contributed by atoms with Gasteiger partial charge in [0.05, 0.1) is 11.0 Å². The maximum absolute atomic E-state index is 11.8. The van der Waals surface area contributed by atoms with Gasteiger partial charge < -0.3 is 20.7 Å². The number of amides is 1. The highest BCUT2D eigenvalue weighted by atomic mass is 32.1. The zero-order chi connectivity index (χ0) is 18.0. The smallest absolute Gasteiger partial charge is 0.261 e. The van der Waals surface area contributed by atoms with E-state index in [1.54, 1.807) is 14.2 Å². The normalized spacial score (nSPS) is 13.5. The molecule has 1 aromatic rings. The van der Waals surface area contributed by atoms with Crippen molar-refractivity contribution in [2.24, 2.45) is 10.4 Å². The van der Waals surface area contributed by atoms with Crippen LogP contribution in [0.4, 0.5) is 0 Å². The molecule has 0 spiro atoms. The zero-order valence-corrected chi connectivity index (χ0v) is 16.1. The lowest BCUT2D eigenvalue weighted by molar-refractivity contribution is 0.0205. The quantitative estimate of drug-likeness (QED) is 0.380. The van der Waals surface area contributed by atoms with E-state index in [1.807, 2.05) is 17.5 Å². The van der Waals surface area contributed by atoms with Crippen LogP contribution in [0.15, 0.2) is 22.5 Å². The van der Waals surface area contributed by atoms with Crippen LogP contribution in [0.25, 0.3) is 0 Å². The third kappa shape index (κ3) is 7.31. The van der Waals surface area contributed by atoms with Crippen molar-refractivity contribution in [3.63, 3.8) is 0 Å². The van der Waals surface area contributed by atoms with E-state index in [0.29, 0.717) is 13.1 Å². The van der Waals surface area contributed by atoms with E-state index in [-0.39, 0.29) is 17.4 Å². The summed E-state index contributed by atoms with van der Waals surface area (Å²) >= 11 is 1.45. The van der Waals surface area contributed by atoms with E-state index in [2.05, 4.69) is 41.7 Å². The minimum Gasteiger partial charge on any atom is -0.379 e. The molecule has 0 aliphatic heterocycles. The summed E-state index contributed by atoms with van der Waals surface area (Å²) in [5.41, 5.74) is 0.0622. The summed E-state index contributed by atoms with van der Waals surface area (Å²) in [6.07, 6.45) is 0.922. The largest absolute Gasteiger partial charge is 0.379 e. The Balaban J connectivity index is 2.21. The standard InChI is InChI=1S/C17H30N4O2S/c1-17(2,3)14(23-5)12-21-16(18-4)20-10-7-9-19-15(22)13-8-6-11-24-13/h6,8,11,14H,7,9-10,12H2,1-5H3,(H,19,22)(H2,18,20,21). The molecule has 0 radical (unpaired) electrons. The number of nitrogens with zero attached hydrogens (tertiary/aromatic N) is 1. The maximum atomic E-state index is 11.8. The Morgan fingerprint density at radius 2 is 2.00 bits per heavy atom. The van der Waals surface area contributed by atoms with Crippen LogP contribution in [0.3, 0.4) is 0 Å². The molecule has 0 bridgehead atoms. The van der Waals surface area contributed by atoms with Crippen molar-refractivity contribution in [1.82, 2.24) is 16.0 Å². The molecule has 1 heterocycles. The fraction of sp³-hybridized carbons (Fsp3) is 0.647. The first-order valence-corrected chi connectivity index (χ1v) is 9.05. The van der Waals surface area contributed by atoms with Gasteiger partial charge in [0.25, 0.3) is 5.91 Å². The highest BCUT2D eigenvalue weighted by Gasteiger charge is 2.24. The maximum Gasteiger partial charge on any atom is 0.261 e. The number of carbonyl (C=O) groups excluding carboxylic acids is 1. The lowest BCUT2D eigenvalue weighted by Crippen LogP contribution is -2.45. The summed E-state index contributed by atoms with van der Waals surface area (Å²) in [5, 5.41) is 11.3. The van der Waals surface area contributed by atoms with Gasteiger partial charge in [-0.05, 0) is 23.3 Å². The molecule has 1 unspecified atom stereocenters. The van der Waals surface area contributed by atoms with Crippen molar-refractivity contribution in [1.29, 1.82) is 0 Å². The van der Waals surface area contributed by atoms with Crippen LogP contribution in [0.1, 0.15) is 36.9 Å². The Morgan fingerprint density at radius 3 is 2.54 bits per heavy atom. The van der Waals surface area contributed by atoms with Gasteiger partial charge in [-0.25, -0.2) is 0 Å². The van der Waals surface area contributed by atoms with Crippen LogP contribution in [-0.2, 0) is 4.74 Å². The number of carbonyl (C=O) groups is 1. The predicted octanol–water partition coefficient (Wildman–Crippen LogP) is 2.09. The SMILES string of the molecule is CN=C(NCCCNC(=O)c1cccs1)NCC(OC)C(C)(C)C. The Kier molecular flexibility index (Phi) is 8.78. The fourth-order valence-corrected chi connectivity index (χ4v) is 2.79. The molecule has 0 saturated carbocycles. The highest BCUT2D eigenvalue weighted by Crippen LogP contribution is 2.20. The number of methoxy groups -OCH3 is 1. The Bertz CT molecular complexity index is 509. The molecule has 6 nitrogen and oxygen atoms in total. The van der Waals surface area contributed by atoms with Crippen LogP contribution in [0, 0.1) is 5.41 Å². The molecule has 0 aromatic carbocycles. The van der Waals surface area contributed by atoms with Gasteiger partial charge in [0, 0.05) is 33.8 Å². The lowest BCUT2D eigenvalue weighted by Gasteiger charge is -2.30. The van der Waals surface area contributed by atoms with Crippen molar-refractivity contribution < 1.29 is 9.53 Å². The van der Waals surface area contributed by atoms with Crippen molar-refractivity contribution in [3.05, 3.63) is 22.4 Å². The first-order valence-electron chi connectivity index (χ1n) is 8.17. The predicted molar refractivity (Wildman–Crippen MR) is 101 cm³/mol. The van der Waals surface area contributed by atoms with Crippen LogP contribution < -0.4 is 16.0 Å². The van der Waals surface area contributed by atoms with Gasteiger partial charge >= 0.3 is 0 Å². The van der Waals surface area contributed by atoms with Gasteiger partial charge in [0.2, 0.25) is 0 Å². The van der Waals surface area contributed by atoms with Crippen LogP contribution >= 0.6 is 11.3 Å². The number of hydrogen-bond acceptors (Lipinski definition) is 4. The molecule has 0 aliphatic rings. The van der Waals surface area contributed by atoms with Crippen molar-refractivity contribution >= 4 is 23.2 Å². The molecule has 1 amide bonds. The molecule has 0 fully saturated rings. The molecular formula is C17H30N4O2S. The molecular weight excluding hydrogens is 324 g/mol. The molecule has 1 atom stereocenters. The van der Waals surface area contributed by atoms with Crippen LogP contribution in [0.5, 0.6) is 0 Å². The number of aliphatic imine (C=N–C) groups is 1. The minimum atomic E-state index is -0.0133. The third-order valence-electron chi connectivity index (χ3n) is 3.61. The fourth-order valence-electron chi connectivity index (χ4n) is 2.15. The third-order valence-corrected chi connectivity index (χ3v) is 4.47. The molecule has 24 heavy (non-hydrogen) atoms. The minimum absolute atomic E-state index is 0.0133. The Hall–Kier alpha value is -1.60. The van der Waals surface area contributed by atoms with Gasteiger partial charge in [-0.2, -0.15) is 0 Å². The summed E-state index contributed by atoms with van der Waals surface area (Å²) in [4.78, 5) is 16.7. The number of rotatable bonds is 8. The van der Waals surface area contributed by atoms with Gasteiger partial charge in [-0.15, -0.1) is 11.3 Å². The van der Waals surface area contributed by atoms with E-state index >= 15 is 0 Å². The van der Waals surface area contributed by atoms with Gasteiger partial charge in [-0.1, -0.05) is 26.8 Å². The van der Waals surface area contributed by atoms with E-state index in [4.69, 9.17) is 4.74 Å². The number of hydrogen-bond donors (Lipinski definition) is 3. The van der Waals surface area contributed by atoms with Gasteiger partial charge in [0.15, 0.2) is 5.96 Å². The second kappa shape index (κ2) is 10.3. The van der Waals surface area contributed by atoms with Crippen molar-refractivity contribution in [2.75, 3.05) is 33.8 Å². The summed E-state index contributed by atoms with van der Waals surface area (Å²) in [5.74, 6) is 0.728. The number of ether oxygens (including phenoxy) is 1. The van der Waals surface area contributed by atoms with Crippen molar-refractivity contribution in [3.8, 4) is 0 Å². The monoisotopic (exact) mass is 354 g/mol. The number of guanidine groups is 1. The molecule has 7 heteroatoms. The molecule has 1 aromatic heterocycles. The highest BCUT2D eigenvalue weighted by molar-refractivity contribution is 7.12. The second-order valence-electron chi connectivity index (χ2n) is 6.56.